The van der Waals surface area contributed by atoms with Gasteiger partial charge >= 0.3 is 0 Å². The van der Waals surface area contributed by atoms with Gasteiger partial charge in [0.2, 0.25) is 5.91 Å². The number of hydrogen-bond donors (Lipinski definition) is 1. The molecule has 1 amide bonds. The van der Waals surface area contributed by atoms with E-state index in [4.69, 9.17) is 15.0 Å². The standard InChI is InChI=1S/C17H20N4O3/c18-17(8-2-9-17)16-19-14(24-20-16)11-23-13-6-4-12(5-7-13)21-10-1-3-15(21)22/h4-7H,1-3,8-11,18H2. The van der Waals surface area contributed by atoms with E-state index in [1.165, 1.54) is 0 Å². The van der Waals surface area contributed by atoms with Crippen molar-refractivity contribution in [2.75, 3.05) is 11.4 Å². The summed E-state index contributed by atoms with van der Waals surface area (Å²) in [6.45, 7) is 0.982. The smallest absolute Gasteiger partial charge is 0.264 e. The topological polar surface area (TPSA) is 94.5 Å². The molecule has 0 atom stereocenters. The number of carbonyl (C=O) groups is 1. The number of ether oxygens (including phenoxy) is 1. The monoisotopic (exact) mass is 328 g/mol. The summed E-state index contributed by atoms with van der Waals surface area (Å²) >= 11 is 0. The normalized spacial score (nSPS) is 19.4. The first-order chi connectivity index (χ1) is 11.6. The van der Waals surface area contributed by atoms with Crippen LogP contribution in [0.5, 0.6) is 5.75 Å². The van der Waals surface area contributed by atoms with E-state index >= 15 is 0 Å². The van der Waals surface area contributed by atoms with Crippen LogP contribution in [0.2, 0.25) is 0 Å². The molecule has 2 fully saturated rings. The van der Waals surface area contributed by atoms with E-state index in [9.17, 15) is 4.79 Å². The zero-order valence-corrected chi connectivity index (χ0v) is 13.4. The van der Waals surface area contributed by atoms with E-state index in [2.05, 4.69) is 10.1 Å². The van der Waals surface area contributed by atoms with Gasteiger partial charge in [-0.3, -0.25) is 4.79 Å². The zero-order chi connectivity index (χ0) is 16.6. The van der Waals surface area contributed by atoms with Crippen molar-refractivity contribution in [3.8, 4) is 5.75 Å². The van der Waals surface area contributed by atoms with E-state index in [-0.39, 0.29) is 12.5 Å². The number of rotatable bonds is 5. The third-order valence-electron chi connectivity index (χ3n) is 4.74. The number of benzene rings is 1. The maximum Gasteiger partial charge on any atom is 0.264 e. The Morgan fingerprint density at radius 1 is 1.25 bits per heavy atom. The summed E-state index contributed by atoms with van der Waals surface area (Å²) in [6.07, 6.45) is 4.43. The first-order valence-corrected chi connectivity index (χ1v) is 8.29. The molecule has 1 saturated heterocycles. The van der Waals surface area contributed by atoms with E-state index in [0.29, 0.717) is 23.9 Å². The number of nitrogens with zero attached hydrogens (tertiary/aromatic N) is 3. The van der Waals surface area contributed by atoms with Crippen LogP contribution in [0.4, 0.5) is 5.69 Å². The van der Waals surface area contributed by atoms with Crippen molar-refractivity contribution in [3.05, 3.63) is 36.0 Å². The van der Waals surface area contributed by atoms with Crippen molar-refractivity contribution >= 4 is 11.6 Å². The molecule has 2 N–H and O–H groups in total. The summed E-state index contributed by atoms with van der Waals surface area (Å²) < 4.78 is 10.9. The number of anilines is 1. The summed E-state index contributed by atoms with van der Waals surface area (Å²) in [4.78, 5) is 17.9. The SMILES string of the molecule is NC1(c2noc(COc3ccc(N4CCCC4=O)cc3)n2)CCC1. The van der Waals surface area contributed by atoms with Crippen LogP contribution in [0.1, 0.15) is 43.8 Å². The molecule has 1 aromatic carbocycles. The highest BCUT2D eigenvalue weighted by Crippen LogP contribution is 2.36. The molecule has 0 unspecified atom stereocenters. The second kappa shape index (κ2) is 5.90. The first-order valence-electron chi connectivity index (χ1n) is 8.29. The number of nitrogens with two attached hydrogens (primary N) is 1. The first kappa shape index (κ1) is 15.1. The molecule has 7 heteroatoms. The van der Waals surface area contributed by atoms with Crippen LogP contribution in [0.3, 0.4) is 0 Å². The molecule has 1 aliphatic heterocycles. The van der Waals surface area contributed by atoms with Crippen LogP contribution in [0.25, 0.3) is 0 Å². The highest BCUT2D eigenvalue weighted by atomic mass is 16.5. The Morgan fingerprint density at radius 2 is 2.04 bits per heavy atom. The lowest BCUT2D eigenvalue weighted by atomic mass is 9.77. The lowest BCUT2D eigenvalue weighted by molar-refractivity contribution is -0.117. The zero-order valence-electron chi connectivity index (χ0n) is 13.4. The Balaban J connectivity index is 1.37. The van der Waals surface area contributed by atoms with Crippen molar-refractivity contribution in [2.24, 2.45) is 5.73 Å². The maximum atomic E-state index is 11.7. The lowest BCUT2D eigenvalue weighted by Crippen LogP contribution is -2.44. The van der Waals surface area contributed by atoms with Gasteiger partial charge in [0, 0.05) is 18.7 Å². The Labute approximate surface area is 139 Å². The summed E-state index contributed by atoms with van der Waals surface area (Å²) in [5.41, 5.74) is 6.65. The van der Waals surface area contributed by atoms with E-state index in [0.717, 1.165) is 37.9 Å². The van der Waals surface area contributed by atoms with Crippen LogP contribution in [0.15, 0.2) is 28.8 Å². The largest absolute Gasteiger partial charge is 0.484 e. The molecule has 1 aliphatic carbocycles. The molecule has 2 aliphatic rings. The Bertz CT molecular complexity index is 737. The molecule has 24 heavy (non-hydrogen) atoms. The lowest BCUT2D eigenvalue weighted by Gasteiger charge is -2.34. The Hall–Kier alpha value is -2.41. The third-order valence-corrected chi connectivity index (χ3v) is 4.74. The minimum Gasteiger partial charge on any atom is -0.484 e. The molecule has 2 aromatic rings. The van der Waals surface area contributed by atoms with Crippen LogP contribution < -0.4 is 15.4 Å². The predicted octanol–water partition coefficient (Wildman–Crippen LogP) is 2.11. The highest BCUT2D eigenvalue weighted by Gasteiger charge is 2.39. The quantitative estimate of drug-likeness (QED) is 0.903. The second-order valence-electron chi connectivity index (χ2n) is 6.45. The van der Waals surface area contributed by atoms with Crippen LogP contribution in [0, 0.1) is 0 Å². The molecule has 1 aromatic heterocycles. The van der Waals surface area contributed by atoms with E-state index in [1.807, 2.05) is 24.3 Å². The van der Waals surface area contributed by atoms with Crippen LogP contribution in [-0.2, 0) is 16.9 Å². The predicted molar refractivity (Wildman–Crippen MR) is 86.4 cm³/mol. The molecule has 4 rings (SSSR count). The third kappa shape index (κ3) is 2.75. The van der Waals surface area contributed by atoms with Crippen molar-refractivity contribution in [3.63, 3.8) is 0 Å². The fraction of sp³-hybridized carbons (Fsp3) is 0.471. The average Bonchev–Trinajstić information content (AvgIpc) is 3.20. The number of aromatic nitrogens is 2. The minimum atomic E-state index is -0.425. The molecule has 0 spiro atoms. The molecule has 1 saturated carbocycles. The van der Waals surface area contributed by atoms with Gasteiger partial charge in [0.25, 0.3) is 5.89 Å². The highest BCUT2D eigenvalue weighted by molar-refractivity contribution is 5.95. The fourth-order valence-electron chi connectivity index (χ4n) is 3.09. The van der Waals surface area contributed by atoms with Crippen molar-refractivity contribution in [1.29, 1.82) is 0 Å². The maximum absolute atomic E-state index is 11.7. The summed E-state index contributed by atoms with van der Waals surface area (Å²) in [5, 5.41) is 3.96. The van der Waals surface area contributed by atoms with Gasteiger partial charge in [0.05, 0.1) is 5.54 Å². The van der Waals surface area contributed by atoms with Gasteiger partial charge in [-0.2, -0.15) is 4.98 Å². The van der Waals surface area contributed by atoms with Gasteiger partial charge in [-0.05, 0) is 49.9 Å². The number of hydrogen-bond acceptors (Lipinski definition) is 6. The van der Waals surface area contributed by atoms with Gasteiger partial charge in [-0.1, -0.05) is 5.16 Å². The Kier molecular flexibility index (Phi) is 3.72. The molecular weight excluding hydrogens is 308 g/mol. The van der Waals surface area contributed by atoms with Gasteiger partial charge in [0.1, 0.15) is 5.75 Å². The number of carbonyl (C=O) groups excluding carboxylic acids is 1. The van der Waals surface area contributed by atoms with E-state index in [1.54, 1.807) is 4.90 Å². The molecular formula is C17H20N4O3. The van der Waals surface area contributed by atoms with Crippen molar-refractivity contribution in [1.82, 2.24) is 10.1 Å². The summed E-state index contributed by atoms with van der Waals surface area (Å²) in [5.74, 6) is 1.85. The fourth-order valence-corrected chi connectivity index (χ4v) is 3.09. The second-order valence-corrected chi connectivity index (χ2v) is 6.45. The van der Waals surface area contributed by atoms with Gasteiger partial charge in [-0.15, -0.1) is 0 Å². The van der Waals surface area contributed by atoms with Crippen LogP contribution in [-0.4, -0.2) is 22.6 Å². The Morgan fingerprint density at radius 3 is 2.67 bits per heavy atom. The summed E-state index contributed by atoms with van der Waals surface area (Å²) in [6, 6.07) is 7.46. The van der Waals surface area contributed by atoms with Gasteiger partial charge in [-0.25, -0.2) is 0 Å². The van der Waals surface area contributed by atoms with Crippen molar-refractivity contribution < 1.29 is 14.1 Å². The van der Waals surface area contributed by atoms with Gasteiger partial charge in [0.15, 0.2) is 12.4 Å². The number of amides is 1. The van der Waals surface area contributed by atoms with Gasteiger partial charge < -0.3 is 19.9 Å². The molecule has 126 valence electrons. The summed E-state index contributed by atoms with van der Waals surface area (Å²) in [7, 11) is 0. The molecule has 2 heterocycles. The van der Waals surface area contributed by atoms with E-state index < -0.39 is 5.54 Å². The van der Waals surface area contributed by atoms with Crippen molar-refractivity contribution in [2.45, 2.75) is 44.2 Å². The molecule has 0 bridgehead atoms. The minimum absolute atomic E-state index is 0.175. The molecule has 0 radical (unpaired) electrons. The molecule has 7 nitrogen and oxygen atoms in total. The average molecular weight is 328 g/mol. The van der Waals surface area contributed by atoms with Crippen LogP contribution >= 0.6 is 0 Å².